The average molecular weight is 318 g/mol. The first-order valence-corrected chi connectivity index (χ1v) is 8.88. The summed E-state index contributed by atoms with van der Waals surface area (Å²) < 4.78 is 11.1. The van der Waals surface area contributed by atoms with Crippen LogP contribution in [0.5, 0.6) is 0 Å². The van der Waals surface area contributed by atoms with Crippen LogP contribution in [0.3, 0.4) is 0 Å². The van der Waals surface area contributed by atoms with Crippen molar-refractivity contribution < 1.29 is 13.9 Å². The number of likely N-dealkylation sites (tertiary alicyclic amines) is 2. The van der Waals surface area contributed by atoms with Gasteiger partial charge in [0.25, 0.3) is 0 Å². The van der Waals surface area contributed by atoms with E-state index in [2.05, 4.69) is 9.80 Å². The van der Waals surface area contributed by atoms with Crippen molar-refractivity contribution in [2.75, 3.05) is 39.4 Å². The van der Waals surface area contributed by atoms with E-state index in [0.29, 0.717) is 5.91 Å². The van der Waals surface area contributed by atoms with Crippen molar-refractivity contribution in [2.45, 2.75) is 32.2 Å². The molecule has 1 aromatic heterocycles. The number of hydrogen-bond acceptors (Lipinski definition) is 4. The van der Waals surface area contributed by atoms with Crippen molar-refractivity contribution in [3.05, 3.63) is 24.2 Å². The van der Waals surface area contributed by atoms with E-state index in [1.165, 1.54) is 0 Å². The first kappa shape index (κ1) is 15.2. The fourth-order valence-electron chi connectivity index (χ4n) is 4.60. The van der Waals surface area contributed by atoms with E-state index in [0.717, 1.165) is 77.4 Å². The Morgan fingerprint density at radius 1 is 1.26 bits per heavy atom. The summed E-state index contributed by atoms with van der Waals surface area (Å²) in [6, 6.07) is 3.95. The van der Waals surface area contributed by atoms with Gasteiger partial charge in [-0.2, -0.15) is 0 Å². The van der Waals surface area contributed by atoms with Gasteiger partial charge in [-0.05, 0) is 37.8 Å². The van der Waals surface area contributed by atoms with Crippen molar-refractivity contribution in [1.29, 1.82) is 0 Å². The summed E-state index contributed by atoms with van der Waals surface area (Å²) in [6.07, 6.45) is 6.05. The van der Waals surface area contributed by atoms with E-state index in [1.807, 2.05) is 12.1 Å². The minimum atomic E-state index is 0.102. The molecular formula is C18H26N2O3. The van der Waals surface area contributed by atoms with Gasteiger partial charge in [0.05, 0.1) is 18.7 Å². The molecule has 5 heteroatoms. The van der Waals surface area contributed by atoms with Crippen molar-refractivity contribution >= 4 is 5.91 Å². The maximum absolute atomic E-state index is 13.1. The minimum absolute atomic E-state index is 0.102. The molecule has 0 aliphatic carbocycles. The van der Waals surface area contributed by atoms with Crippen LogP contribution in [0, 0.1) is 11.3 Å². The Hall–Kier alpha value is -1.33. The monoisotopic (exact) mass is 318 g/mol. The molecule has 0 radical (unpaired) electrons. The molecule has 4 heterocycles. The van der Waals surface area contributed by atoms with E-state index in [1.54, 1.807) is 6.26 Å². The first-order valence-electron chi connectivity index (χ1n) is 8.88. The number of rotatable bonds is 3. The summed E-state index contributed by atoms with van der Waals surface area (Å²) in [5.74, 6) is 1.49. The molecule has 0 unspecified atom stereocenters. The molecule has 0 bridgehead atoms. The Labute approximate surface area is 137 Å². The van der Waals surface area contributed by atoms with Gasteiger partial charge in [0.15, 0.2) is 0 Å². The zero-order chi connectivity index (χ0) is 15.7. The summed E-state index contributed by atoms with van der Waals surface area (Å²) >= 11 is 0. The van der Waals surface area contributed by atoms with Crippen LogP contribution >= 0.6 is 0 Å². The molecular weight excluding hydrogens is 292 g/mol. The van der Waals surface area contributed by atoms with Gasteiger partial charge < -0.3 is 14.1 Å². The molecule has 0 aromatic carbocycles. The summed E-state index contributed by atoms with van der Waals surface area (Å²) in [5, 5.41) is 0. The molecule has 1 atom stereocenters. The third kappa shape index (κ3) is 2.92. The van der Waals surface area contributed by atoms with Gasteiger partial charge in [-0.3, -0.25) is 9.69 Å². The molecule has 0 N–H and O–H groups in total. The molecule has 3 saturated heterocycles. The lowest BCUT2D eigenvalue weighted by Gasteiger charge is -2.38. The van der Waals surface area contributed by atoms with E-state index in [-0.39, 0.29) is 11.3 Å². The summed E-state index contributed by atoms with van der Waals surface area (Å²) in [7, 11) is 0. The Morgan fingerprint density at radius 2 is 2.04 bits per heavy atom. The molecule has 23 heavy (non-hydrogen) atoms. The number of hydrogen-bond donors (Lipinski definition) is 0. The van der Waals surface area contributed by atoms with Crippen molar-refractivity contribution in [3.8, 4) is 0 Å². The van der Waals surface area contributed by atoms with Crippen LogP contribution in [0.2, 0.25) is 0 Å². The number of furan rings is 1. The number of nitrogens with zero attached hydrogens (tertiary/aromatic N) is 2. The molecule has 5 nitrogen and oxygen atoms in total. The van der Waals surface area contributed by atoms with Gasteiger partial charge in [0.2, 0.25) is 5.91 Å². The van der Waals surface area contributed by atoms with E-state index in [4.69, 9.17) is 9.15 Å². The van der Waals surface area contributed by atoms with Crippen LogP contribution in [0.4, 0.5) is 0 Å². The quantitative estimate of drug-likeness (QED) is 0.856. The molecule has 1 amide bonds. The molecule has 1 aromatic rings. The van der Waals surface area contributed by atoms with E-state index < -0.39 is 0 Å². The fraction of sp³-hybridized carbons (Fsp3) is 0.722. The van der Waals surface area contributed by atoms with Gasteiger partial charge in [-0.1, -0.05) is 0 Å². The van der Waals surface area contributed by atoms with E-state index in [9.17, 15) is 4.79 Å². The van der Waals surface area contributed by atoms with Gasteiger partial charge in [0, 0.05) is 44.8 Å². The second-order valence-electron chi connectivity index (χ2n) is 7.31. The van der Waals surface area contributed by atoms with Crippen LogP contribution < -0.4 is 0 Å². The highest BCUT2D eigenvalue weighted by molar-refractivity contribution is 5.80. The van der Waals surface area contributed by atoms with Crippen LogP contribution in [0.15, 0.2) is 22.8 Å². The standard InChI is InChI=1S/C18H26N2O3/c21-17(20-7-1-2-8-20)16-13-19(12-15-4-3-9-23-15)14-18(16)5-10-22-11-6-18/h3-4,9,16H,1-2,5-8,10-14H2/t16-/m0/s1. The maximum Gasteiger partial charge on any atom is 0.227 e. The van der Waals surface area contributed by atoms with Crippen molar-refractivity contribution in [1.82, 2.24) is 9.80 Å². The first-order chi connectivity index (χ1) is 11.3. The zero-order valence-electron chi connectivity index (χ0n) is 13.7. The minimum Gasteiger partial charge on any atom is -0.468 e. The van der Waals surface area contributed by atoms with Crippen molar-refractivity contribution in [2.24, 2.45) is 11.3 Å². The largest absolute Gasteiger partial charge is 0.468 e. The summed E-state index contributed by atoms with van der Waals surface area (Å²) in [6.45, 7) is 6.12. The maximum atomic E-state index is 13.1. The second-order valence-corrected chi connectivity index (χ2v) is 7.31. The Morgan fingerprint density at radius 3 is 2.74 bits per heavy atom. The predicted molar refractivity (Wildman–Crippen MR) is 85.8 cm³/mol. The third-order valence-electron chi connectivity index (χ3n) is 5.88. The van der Waals surface area contributed by atoms with Crippen LogP contribution in [-0.4, -0.2) is 55.1 Å². The second kappa shape index (κ2) is 6.29. The van der Waals surface area contributed by atoms with Crippen LogP contribution in [0.1, 0.15) is 31.4 Å². The lowest BCUT2D eigenvalue weighted by atomic mass is 9.71. The van der Waals surface area contributed by atoms with E-state index >= 15 is 0 Å². The highest BCUT2D eigenvalue weighted by Gasteiger charge is 2.51. The molecule has 3 fully saturated rings. The molecule has 126 valence electrons. The Bertz CT molecular complexity index is 530. The van der Waals surface area contributed by atoms with Crippen LogP contribution in [0.25, 0.3) is 0 Å². The Kier molecular flexibility index (Phi) is 4.16. The summed E-state index contributed by atoms with van der Waals surface area (Å²) in [5.41, 5.74) is 0.102. The lowest BCUT2D eigenvalue weighted by molar-refractivity contribution is -0.139. The number of ether oxygens (including phenoxy) is 1. The predicted octanol–water partition coefficient (Wildman–Crippen LogP) is 2.13. The average Bonchev–Trinajstić information content (AvgIpc) is 3.30. The third-order valence-corrected chi connectivity index (χ3v) is 5.88. The molecule has 0 saturated carbocycles. The van der Waals surface area contributed by atoms with Crippen LogP contribution in [-0.2, 0) is 16.1 Å². The van der Waals surface area contributed by atoms with Gasteiger partial charge >= 0.3 is 0 Å². The number of amides is 1. The molecule has 3 aliphatic rings. The van der Waals surface area contributed by atoms with Gasteiger partial charge in [-0.25, -0.2) is 0 Å². The molecule has 1 spiro atoms. The molecule has 3 aliphatic heterocycles. The highest BCUT2D eigenvalue weighted by Crippen LogP contribution is 2.45. The fourth-order valence-corrected chi connectivity index (χ4v) is 4.60. The number of carbonyl (C=O) groups is 1. The topological polar surface area (TPSA) is 45.9 Å². The lowest BCUT2D eigenvalue weighted by Crippen LogP contribution is -2.45. The molecule has 4 rings (SSSR count). The summed E-state index contributed by atoms with van der Waals surface area (Å²) in [4.78, 5) is 17.6. The SMILES string of the molecule is O=C([C@@H]1CN(Cc2ccco2)CC12CCOCC2)N1CCCC1. The number of carbonyl (C=O) groups excluding carboxylic acids is 1. The highest BCUT2D eigenvalue weighted by atomic mass is 16.5. The van der Waals surface area contributed by atoms with Gasteiger partial charge in [-0.15, -0.1) is 0 Å². The smallest absolute Gasteiger partial charge is 0.227 e. The van der Waals surface area contributed by atoms with Gasteiger partial charge in [0.1, 0.15) is 5.76 Å². The Balaban J connectivity index is 1.52. The zero-order valence-corrected chi connectivity index (χ0v) is 13.7. The van der Waals surface area contributed by atoms with Crippen molar-refractivity contribution in [3.63, 3.8) is 0 Å². The normalized spacial score (nSPS) is 27.8.